The molecule has 2 amide bonds. The molecule has 2 aromatic carbocycles. The van der Waals surface area contributed by atoms with Gasteiger partial charge in [0.25, 0.3) is 0 Å². The quantitative estimate of drug-likeness (QED) is 0.689. The second-order valence-electron chi connectivity index (χ2n) is 7.69. The summed E-state index contributed by atoms with van der Waals surface area (Å²) in [6.45, 7) is 3.12. The van der Waals surface area contributed by atoms with Crippen LogP contribution in [-0.4, -0.2) is 44.0 Å². The van der Waals surface area contributed by atoms with Crippen LogP contribution in [0.4, 0.5) is 0 Å². The Hall–Kier alpha value is -3.28. The Morgan fingerprint density at radius 3 is 2.35 bits per heavy atom. The number of benzene rings is 2. The van der Waals surface area contributed by atoms with Crippen LogP contribution in [0.2, 0.25) is 0 Å². The van der Waals surface area contributed by atoms with E-state index >= 15 is 0 Å². The summed E-state index contributed by atoms with van der Waals surface area (Å²) in [6.07, 6.45) is 4.76. The van der Waals surface area contributed by atoms with E-state index in [1.165, 1.54) is 0 Å². The lowest BCUT2D eigenvalue weighted by molar-refractivity contribution is -0.132. The minimum atomic E-state index is -0.152. The number of nitrogens with zero attached hydrogens (tertiary/aromatic N) is 1. The monoisotopic (exact) mass is 422 g/mol. The van der Waals surface area contributed by atoms with Crippen LogP contribution in [0.25, 0.3) is 6.08 Å². The molecule has 0 aromatic heterocycles. The number of carbonyl (C=O) groups excluding carboxylic acids is 2. The SMILES string of the molecule is COc1ccc(C(C)NC(=O)C2CCN(C(=O)C=Cc3ccccc3)CC2)cc1OC. The molecule has 1 aliphatic rings. The van der Waals surface area contributed by atoms with Gasteiger partial charge in [-0.1, -0.05) is 36.4 Å². The lowest BCUT2D eigenvalue weighted by Gasteiger charge is -2.31. The molecule has 2 aromatic rings. The molecule has 1 aliphatic heterocycles. The standard InChI is InChI=1S/C25H30N2O4/c1-18(21-10-11-22(30-2)23(17-21)31-3)26-25(29)20-13-15-27(16-14-20)24(28)12-9-19-7-5-4-6-8-19/h4-12,17-18,20H,13-16H2,1-3H3,(H,26,29). The van der Waals surface area contributed by atoms with Gasteiger partial charge in [-0.2, -0.15) is 0 Å². The maximum atomic E-state index is 12.8. The third-order valence-electron chi connectivity index (χ3n) is 5.66. The van der Waals surface area contributed by atoms with Gasteiger partial charge in [0.1, 0.15) is 0 Å². The Balaban J connectivity index is 1.51. The number of nitrogens with one attached hydrogen (secondary N) is 1. The van der Waals surface area contributed by atoms with Crippen molar-refractivity contribution < 1.29 is 19.1 Å². The highest BCUT2D eigenvalue weighted by molar-refractivity contribution is 5.92. The summed E-state index contributed by atoms with van der Waals surface area (Å²) < 4.78 is 10.6. The van der Waals surface area contributed by atoms with E-state index in [2.05, 4.69) is 5.32 Å². The van der Waals surface area contributed by atoms with E-state index in [0.29, 0.717) is 37.4 Å². The molecule has 1 atom stereocenters. The van der Waals surface area contributed by atoms with Gasteiger partial charge in [-0.15, -0.1) is 0 Å². The maximum absolute atomic E-state index is 12.8. The van der Waals surface area contributed by atoms with Crippen LogP contribution < -0.4 is 14.8 Å². The predicted molar refractivity (Wildman–Crippen MR) is 121 cm³/mol. The second-order valence-corrected chi connectivity index (χ2v) is 7.69. The fourth-order valence-electron chi connectivity index (χ4n) is 3.74. The number of rotatable bonds is 7. The Kier molecular flexibility index (Phi) is 7.70. The molecule has 0 radical (unpaired) electrons. The maximum Gasteiger partial charge on any atom is 0.246 e. The summed E-state index contributed by atoms with van der Waals surface area (Å²) >= 11 is 0. The Morgan fingerprint density at radius 2 is 1.71 bits per heavy atom. The van der Waals surface area contributed by atoms with E-state index in [1.807, 2.05) is 61.5 Å². The van der Waals surface area contributed by atoms with Crippen molar-refractivity contribution in [3.8, 4) is 11.5 Å². The van der Waals surface area contributed by atoms with Gasteiger partial charge in [0.05, 0.1) is 20.3 Å². The molecule has 1 fully saturated rings. The minimum Gasteiger partial charge on any atom is -0.493 e. The van der Waals surface area contributed by atoms with E-state index in [9.17, 15) is 9.59 Å². The van der Waals surface area contributed by atoms with Crippen molar-refractivity contribution in [2.24, 2.45) is 5.92 Å². The molecule has 0 saturated carbocycles. The van der Waals surface area contributed by atoms with Crippen LogP contribution in [0.1, 0.15) is 36.9 Å². The van der Waals surface area contributed by atoms with Crippen molar-refractivity contribution in [2.45, 2.75) is 25.8 Å². The Labute approximate surface area is 183 Å². The average Bonchev–Trinajstić information content (AvgIpc) is 2.82. The highest BCUT2D eigenvalue weighted by Gasteiger charge is 2.27. The molecule has 1 unspecified atom stereocenters. The highest BCUT2D eigenvalue weighted by Crippen LogP contribution is 2.30. The molecule has 3 rings (SSSR count). The molecule has 6 nitrogen and oxygen atoms in total. The average molecular weight is 423 g/mol. The van der Waals surface area contributed by atoms with Crippen molar-refractivity contribution >= 4 is 17.9 Å². The molecule has 1 saturated heterocycles. The third-order valence-corrected chi connectivity index (χ3v) is 5.66. The molecular formula is C25H30N2O4. The van der Waals surface area contributed by atoms with E-state index in [0.717, 1.165) is 11.1 Å². The zero-order valence-electron chi connectivity index (χ0n) is 18.3. The van der Waals surface area contributed by atoms with E-state index < -0.39 is 0 Å². The van der Waals surface area contributed by atoms with Crippen LogP contribution in [0.15, 0.2) is 54.6 Å². The predicted octanol–water partition coefficient (Wildman–Crippen LogP) is 3.83. The van der Waals surface area contributed by atoms with Gasteiger partial charge < -0.3 is 19.7 Å². The van der Waals surface area contributed by atoms with Gasteiger partial charge >= 0.3 is 0 Å². The van der Waals surface area contributed by atoms with Gasteiger partial charge in [0.15, 0.2) is 11.5 Å². The van der Waals surface area contributed by atoms with Gasteiger partial charge in [0.2, 0.25) is 11.8 Å². The van der Waals surface area contributed by atoms with Gasteiger partial charge in [-0.3, -0.25) is 9.59 Å². The van der Waals surface area contributed by atoms with Gasteiger partial charge in [0, 0.05) is 25.1 Å². The van der Waals surface area contributed by atoms with E-state index in [1.54, 1.807) is 25.2 Å². The fraction of sp³-hybridized carbons (Fsp3) is 0.360. The number of amides is 2. The molecule has 0 bridgehead atoms. The van der Waals surface area contributed by atoms with Crippen LogP contribution in [0.5, 0.6) is 11.5 Å². The molecular weight excluding hydrogens is 392 g/mol. The molecule has 0 spiro atoms. The van der Waals surface area contributed by atoms with E-state index in [-0.39, 0.29) is 23.8 Å². The lowest BCUT2D eigenvalue weighted by atomic mass is 9.95. The summed E-state index contributed by atoms with van der Waals surface area (Å²) in [5.74, 6) is 1.21. The van der Waals surface area contributed by atoms with Crippen molar-refractivity contribution in [1.82, 2.24) is 10.2 Å². The van der Waals surface area contributed by atoms with Gasteiger partial charge in [-0.25, -0.2) is 0 Å². The molecule has 31 heavy (non-hydrogen) atoms. The lowest BCUT2D eigenvalue weighted by Crippen LogP contribution is -2.43. The van der Waals surface area contributed by atoms with Crippen molar-refractivity contribution in [3.05, 3.63) is 65.7 Å². The van der Waals surface area contributed by atoms with Gasteiger partial charge in [-0.05, 0) is 49.1 Å². The summed E-state index contributed by atoms with van der Waals surface area (Å²) in [6, 6.07) is 15.2. The van der Waals surface area contributed by atoms with Crippen molar-refractivity contribution in [3.63, 3.8) is 0 Å². The first kappa shape index (κ1) is 22.4. The number of carbonyl (C=O) groups is 2. The number of hydrogen-bond donors (Lipinski definition) is 1. The smallest absolute Gasteiger partial charge is 0.246 e. The largest absolute Gasteiger partial charge is 0.493 e. The molecule has 0 aliphatic carbocycles. The topological polar surface area (TPSA) is 67.9 Å². The number of piperidine rings is 1. The van der Waals surface area contributed by atoms with Crippen molar-refractivity contribution in [1.29, 1.82) is 0 Å². The first-order valence-corrected chi connectivity index (χ1v) is 10.6. The summed E-state index contributed by atoms with van der Waals surface area (Å²) in [4.78, 5) is 27.0. The molecule has 1 N–H and O–H groups in total. The summed E-state index contributed by atoms with van der Waals surface area (Å²) in [5, 5.41) is 3.09. The first-order valence-electron chi connectivity index (χ1n) is 10.6. The zero-order valence-corrected chi connectivity index (χ0v) is 18.3. The number of methoxy groups -OCH3 is 2. The second kappa shape index (κ2) is 10.7. The Bertz CT molecular complexity index is 918. The van der Waals surface area contributed by atoms with Crippen LogP contribution in [-0.2, 0) is 9.59 Å². The normalized spacial score (nSPS) is 15.5. The van der Waals surface area contributed by atoms with E-state index in [4.69, 9.17) is 9.47 Å². The van der Waals surface area contributed by atoms with Crippen molar-refractivity contribution in [2.75, 3.05) is 27.3 Å². The van der Waals surface area contributed by atoms with Crippen LogP contribution in [0, 0.1) is 5.92 Å². The molecule has 6 heteroatoms. The first-order chi connectivity index (χ1) is 15.0. The number of ether oxygens (including phenoxy) is 2. The Morgan fingerprint density at radius 1 is 1.03 bits per heavy atom. The highest BCUT2D eigenvalue weighted by atomic mass is 16.5. The number of hydrogen-bond acceptors (Lipinski definition) is 4. The fourth-order valence-corrected chi connectivity index (χ4v) is 3.74. The summed E-state index contributed by atoms with van der Waals surface area (Å²) in [5.41, 5.74) is 1.94. The van der Waals surface area contributed by atoms with Crippen LogP contribution in [0.3, 0.4) is 0 Å². The zero-order chi connectivity index (χ0) is 22.2. The minimum absolute atomic E-state index is 0.0126. The van der Waals surface area contributed by atoms with Crippen LogP contribution >= 0.6 is 0 Å². The summed E-state index contributed by atoms with van der Waals surface area (Å²) in [7, 11) is 3.19. The number of likely N-dealkylation sites (tertiary alicyclic amines) is 1. The molecule has 164 valence electrons. The molecule has 1 heterocycles. The third kappa shape index (κ3) is 5.87.